The average Bonchev–Trinajstić information content (AvgIpc) is 3.15. The van der Waals surface area contributed by atoms with Crippen LogP contribution in [0, 0.1) is 5.82 Å². The third-order valence-corrected chi connectivity index (χ3v) is 4.67. The summed E-state index contributed by atoms with van der Waals surface area (Å²) >= 11 is 1.15. The van der Waals surface area contributed by atoms with Crippen LogP contribution in [0.15, 0.2) is 53.3 Å². The third kappa shape index (κ3) is 3.34. The molecule has 0 unspecified atom stereocenters. The predicted octanol–water partition coefficient (Wildman–Crippen LogP) is 2.43. The Morgan fingerprint density at radius 1 is 1.22 bits per heavy atom. The van der Waals surface area contributed by atoms with Gasteiger partial charge in [0.1, 0.15) is 11.6 Å². The first kappa shape index (κ1) is 17.0. The van der Waals surface area contributed by atoms with Gasteiger partial charge in [-0.3, -0.25) is 9.59 Å². The summed E-state index contributed by atoms with van der Waals surface area (Å²) in [5, 5.41) is 4.25. The van der Waals surface area contributed by atoms with E-state index < -0.39 is 5.97 Å². The number of nitrogens with zero attached hydrogens (tertiary/aromatic N) is 3. The van der Waals surface area contributed by atoms with Crippen molar-refractivity contribution in [3.8, 4) is 17.1 Å². The largest absolute Gasteiger partial charge is 0.426 e. The van der Waals surface area contributed by atoms with Crippen LogP contribution in [0.3, 0.4) is 0 Å². The van der Waals surface area contributed by atoms with Crippen molar-refractivity contribution in [3.05, 3.63) is 74.8 Å². The third-order valence-electron chi connectivity index (χ3n) is 3.71. The number of halogens is 1. The second-order valence-electron chi connectivity index (χ2n) is 5.69. The van der Waals surface area contributed by atoms with E-state index in [2.05, 4.69) is 10.1 Å². The number of hydrogen-bond donors (Lipinski definition) is 0. The molecular formula is C19H12FN3O3S. The van der Waals surface area contributed by atoms with Gasteiger partial charge in [0.05, 0.1) is 10.1 Å². The molecule has 0 bridgehead atoms. The first-order valence-corrected chi connectivity index (χ1v) is 8.77. The van der Waals surface area contributed by atoms with Crippen LogP contribution in [0.1, 0.15) is 12.5 Å². The minimum atomic E-state index is -0.458. The van der Waals surface area contributed by atoms with E-state index in [-0.39, 0.29) is 17.2 Å². The maximum absolute atomic E-state index is 13.3. The lowest BCUT2D eigenvalue weighted by Gasteiger charge is -2.04. The molecule has 0 fully saturated rings. The Hall–Kier alpha value is -3.39. The number of thiazole rings is 1. The lowest BCUT2D eigenvalue weighted by Crippen LogP contribution is -2.23. The number of benzene rings is 2. The molecule has 0 aliphatic heterocycles. The van der Waals surface area contributed by atoms with Gasteiger partial charge in [0.25, 0.3) is 5.56 Å². The molecule has 134 valence electrons. The average molecular weight is 381 g/mol. The molecule has 2 aromatic heterocycles. The maximum Gasteiger partial charge on any atom is 0.308 e. The van der Waals surface area contributed by atoms with Crippen molar-refractivity contribution in [2.45, 2.75) is 6.92 Å². The number of para-hydroxylation sites is 1. The molecule has 0 radical (unpaired) electrons. The van der Waals surface area contributed by atoms with Gasteiger partial charge in [0.15, 0.2) is 5.82 Å². The van der Waals surface area contributed by atoms with E-state index in [1.807, 2.05) is 0 Å². The highest BCUT2D eigenvalue weighted by Gasteiger charge is 2.16. The van der Waals surface area contributed by atoms with Crippen LogP contribution in [0.2, 0.25) is 0 Å². The number of esters is 1. The summed E-state index contributed by atoms with van der Waals surface area (Å²) in [5.41, 5.74) is 0.749. The maximum atomic E-state index is 13.3. The number of rotatable bonds is 3. The molecule has 0 aliphatic carbocycles. The van der Waals surface area contributed by atoms with Crippen LogP contribution < -0.4 is 14.8 Å². The molecule has 0 atom stereocenters. The van der Waals surface area contributed by atoms with E-state index in [4.69, 9.17) is 4.74 Å². The van der Waals surface area contributed by atoms with Crippen molar-refractivity contribution >= 4 is 28.3 Å². The zero-order valence-corrected chi connectivity index (χ0v) is 14.9. The van der Waals surface area contributed by atoms with E-state index in [0.29, 0.717) is 26.4 Å². The van der Waals surface area contributed by atoms with E-state index in [1.54, 1.807) is 42.5 Å². The Morgan fingerprint density at radius 2 is 2.04 bits per heavy atom. The van der Waals surface area contributed by atoms with Gasteiger partial charge in [-0.1, -0.05) is 35.6 Å². The second-order valence-corrected chi connectivity index (χ2v) is 6.70. The molecule has 0 saturated heterocycles. The highest BCUT2D eigenvalue weighted by atomic mass is 32.1. The summed E-state index contributed by atoms with van der Waals surface area (Å²) in [5.74, 6) is -0.227. The Morgan fingerprint density at radius 3 is 2.78 bits per heavy atom. The summed E-state index contributed by atoms with van der Waals surface area (Å²) in [6.45, 7) is 1.31. The lowest BCUT2D eigenvalue weighted by atomic mass is 10.2. The van der Waals surface area contributed by atoms with Crippen LogP contribution in [0.25, 0.3) is 22.4 Å². The van der Waals surface area contributed by atoms with E-state index in [1.165, 1.54) is 23.6 Å². The smallest absolute Gasteiger partial charge is 0.308 e. The van der Waals surface area contributed by atoms with Crippen LogP contribution in [0.4, 0.5) is 4.39 Å². The molecule has 0 saturated carbocycles. The highest BCUT2D eigenvalue weighted by molar-refractivity contribution is 7.15. The van der Waals surface area contributed by atoms with Gasteiger partial charge in [-0.15, -0.1) is 5.10 Å². The number of carbonyl (C=O) groups is 1. The fraction of sp³-hybridized carbons (Fsp3) is 0.0526. The van der Waals surface area contributed by atoms with Gasteiger partial charge in [0, 0.05) is 6.92 Å². The van der Waals surface area contributed by atoms with Crippen molar-refractivity contribution in [1.29, 1.82) is 0 Å². The van der Waals surface area contributed by atoms with Crippen molar-refractivity contribution in [1.82, 2.24) is 14.6 Å². The van der Waals surface area contributed by atoms with Gasteiger partial charge in [-0.05, 0) is 35.9 Å². The molecule has 4 rings (SSSR count). The fourth-order valence-electron chi connectivity index (χ4n) is 2.59. The molecule has 0 spiro atoms. The lowest BCUT2D eigenvalue weighted by molar-refractivity contribution is -0.131. The van der Waals surface area contributed by atoms with Crippen LogP contribution in [-0.4, -0.2) is 20.6 Å². The second kappa shape index (κ2) is 6.73. The summed E-state index contributed by atoms with van der Waals surface area (Å²) in [6, 6.07) is 12.8. The van der Waals surface area contributed by atoms with Crippen LogP contribution in [0.5, 0.6) is 5.75 Å². The quantitative estimate of drug-likeness (QED) is 0.403. The van der Waals surface area contributed by atoms with Crippen molar-refractivity contribution in [2.75, 3.05) is 0 Å². The molecule has 2 heterocycles. The molecule has 0 N–H and O–H groups in total. The Labute approximate surface area is 156 Å². The predicted molar refractivity (Wildman–Crippen MR) is 99.1 cm³/mol. The van der Waals surface area contributed by atoms with E-state index in [0.717, 1.165) is 11.3 Å². The van der Waals surface area contributed by atoms with Crippen LogP contribution in [-0.2, 0) is 4.79 Å². The monoisotopic (exact) mass is 381 g/mol. The molecule has 2 aromatic carbocycles. The summed E-state index contributed by atoms with van der Waals surface area (Å²) in [4.78, 5) is 28.6. The summed E-state index contributed by atoms with van der Waals surface area (Å²) < 4.78 is 20.1. The molecule has 8 heteroatoms. The van der Waals surface area contributed by atoms with Gasteiger partial charge in [-0.25, -0.2) is 4.39 Å². The fourth-order valence-corrected chi connectivity index (χ4v) is 3.50. The van der Waals surface area contributed by atoms with E-state index in [9.17, 15) is 14.0 Å². The Balaban J connectivity index is 1.80. The minimum absolute atomic E-state index is 0.285. The number of hydrogen-bond acceptors (Lipinski definition) is 6. The van der Waals surface area contributed by atoms with Gasteiger partial charge < -0.3 is 4.74 Å². The standard InChI is InChI=1S/C19H12FN3O3S/c1-11(24)26-15-8-3-2-7-14(15)17-21-19-23(22-17)18(25)16(27-19)10-12-5-4-6-13(20)9-12/h2-10H,1H3. The Bertz CT molecular complexity index is 1280. The number of aromatic nitrogens is 3. The SMILES string of the molecule is CC(=O)Oc1ccccc1-c1nc2sc(=Cc3cccc(F)c3)c(=O)n2n1. The molecule has 4 aromatic rings. The summed E-state index contributed by atoms with van der Waals surface area (Å²) in [7, 11) is 0. The van der Waals surface area contributed by atoms with Gasteiger partial charge in [0.2, 0.25) is 4.96 Å². The van der Waals surface area contributed by atoms with Crippen molar-refractivity contribution in [2.24, 2.45) is 0 Å². The molecular weight excluding hydrogens is 369 g/mol. The first-order chi connectivity index (χ1) is 13.0. The van der Waals surface area contributed by atoms with E-state index >= 15 is 0 Å². The zero-order valence-electron chi connectivity index (χ0n) is 14.0. The number of carbonyl (C=O) groups excluding carboxylic acids is 1. The van der Waals surface area contributed by atoms with Gasteiger partial charge >= 0.3 is 5.97 Å². The van der Waals surface area contributed by atoms with Gasteiger partial charge in [-0.2, -0.15) is 9.50 Å². The number of ether oxygens (including phenoxy) is 1. The molecule has 27 heavy (non-hydrogen) atoms. The minimum Gasteiger partial charge on any atom is -0.426 e. The molecule has 0 aliphatic rings. The topological polar surface area (TPSA) is 73.6 Å². The van der Waals surface area contributed by atoms with Crippen LogP contribution >= 0.6 is 11.3 Å². The Kier molecular flexibility index (Phi) is 4.25. The number of fused-ring (bicyclic) bond motifs is 1. The van der Waals surface area contributed by atoms with Crippen molar-refractivity contribution < 1.29 is 13.9 Å². The van der Waals surface area contributed by atoms with Crippen molar-refractivity contribution in [3.63, 3.8) is 0 Å². The summed E-state index contributed by atoms with van der Waals surface area (Å²) in [6.07, 6.45) is 1.60. The molecule has 6 nitrogen and oxygen atoms in total. The zero-order chi connectivity index (χ0) is 19.0. The normalized spacial score (nSPS) is 11.9. The molecule has 0 amide bonds. The highest BCUT2D eigenvalue weighted by Crippen LogP contribution is 2.27. The first-order valence-electron chi connectivity index (χ1n) is 7.96.